The first-order valence-electron chi connectivity index (χ1n) is 2.53. The Morgan fingerprint density at radius 1 is 1.25 bits per heavy atom. The number of hydrogen-bond donors (Lipinski definition) is 0. The molecule has 0 aliphatic rings. The predicted molar refractivity (Wildman–Crippen MR) is 37.9 cm³/mol. The van der Waals surface area contributed by atoms with Crippen LogP contribution in [0.2, 0.25) is 0 Å². The smallest absolute Gasteiger partial charge is 0.0439 e. The van der Waals surface area contributed by atoms with Crippen molar-refractivity contribution >= 4 is 0 Å². The minimum absolute atomic E-state index is 0. The summed E-state index contributed by atoms with van der Waals surface area (Å²) in [7, 11) is 0. The number of allylic oxidation sites excluding steroid dienone is 4. The summed E-state index contributed by atoms with van der Waals surface area (Å²) in [6, 6.07) is 0. The summed E-state index contributed by atoms with van der Waals surface area (Å²) in [5, 5.41) is 0. The SMILES string of the molecule is CC=CC=C(C)C.O. The Labute approximate surface area is 51.0 Å². The molecule has 0 aromatic heterocycles. The van der Waals surface area contributed by atoms with Gasteiger partial charge in [0.25, 0.3) is 0 Å². The van der Waals surface area contributed by atoms with E-state index in [2.05, 4.69) is 19.9 Å². The van der Waals surface area contributed by atoms with Crippen LogP contribution in [0.3, 0.4) is 0 Å². The highest BCUT2D eigenvalue weighted by molar-refractivity contribution is 5.06. The van der Waals surface area contributed by atoms with E-state index in [1.807, 2.05) is 19.1 Å². The maximum absolute atomic E-state index is 2.08. The van der Waals surface area contributed by atoms with Crippen LogP contribution in [0.4, 0.5) is 0 Å². The van der Waals surface area contributed by atoms with Gasteiger partial charge in [-0.05, 0) is 20.8 Å². The summed E-state index contributed by atoms with van der Waals surface area (Å²) in [5.74, 6) is 0. The van der Waals surface area contributed by atoms with Gasteiger partial charge in [0.05, 0.1) is 0 Å². The predicted octanol–water partition coefficient (Wildman–Crippen LogP) is 1.70. The summed E-state index contributed by atoms with van der Waals surface area (Å²) in [6.07, 6.45) is 6.14. The molecule has 0 radical (unpaired) electrons. The molecule has 0 bridgehead atoms. The van der Waals surface area contributed by atoms with Gasteiger partial charge >= 0.3 is 0 Å². The van der Waals surface area contributed by atoms with Gasteiger partial charge < -0.3 is 5.48 Å². The molecule has 0 aliphatic carbocycles. The minimum Gasteiger partial charge on any atom is -0.412 e. The van der Waals surface area contributed by atoms with Gasteiger partial charge in [0, 0.05) is 0 Å². The Hall–Kier alpha value is -0.560. The van der Waals surface area contributed by atoms with Crippen LogP contribution in [-0.4, -0.2) is 5.48 Å². The average molecular weight is 114 g/mol. The summed E-state index contributed by atoms with van der Waals surface area (Å²) < 4.78 is 0. The zero-order valence-corrected chi connectivity index (χ0v) is 5.73. The molecule has 0 aromatic carbocycles. The second kappa shape index (κ2) is 6.44. The molecule has 0 fully saturated rings. The van der Waals surface area contributed by atoms with Crippen LogP contribution in [0.15, 0.2) is 23.8 Å². The lowest BCUT2D eigenvalue weighted by molar-refractivity contribution is 0.824. The highest BCUT2D eigenvalue weighted by Crippen LogP contribution is 1.87. The third-order valence-electron chi connectivity index (χ3n) is 0.622. The lowest BCUT2D eigenvalue weighted by Gasteiger charge is -1.77. The van der Waals surface area contributed by atoms with Crippen molar-refractivity contribution < 1.29 is 5.48 Å². The fraction of sp³-hybridized carbons (Fsp3) is 0.429. The summed E-state index contributed by atoms with van der Waals surface area (Å²) in [4.78, 5) is 0. The molecule has 0 spiro atoms. The molecular weight excluding hydrogens is 100 g/mol. The van der Waals surface area contributed by atoms with Gasteiger partial charge in [-0.15, -0.1) is 0 Å². The van der Waals surface area contributed by atoms with Crippen LogP contribution in [0.5, 0.6) is 0 Å². The van der Waals surface area contributed by atoms with Crippen LogP contribution in [-0.2, 0) is 0 Å². The number of rotatable bonds is 1. The Morgan fingerprint density at radius 3 is 1.88 bits per heavy atom. The molecule has 0 unspecified atom stereocenters. The molecule has 0 amide bonds. The largest absolute Gasteiger partial charge is 0.412 e. The lowest BCUT2D eigenvalue weighted by atomic mass is 10.3. The van der Waals surface area contributed by atoms with E-state index in [9.17, 15) is 0 Å². The van der Waals surface area contributed by atoms with E-state index in [0.29, 0.717) is 0 Å². The normalized spacial score (nSPS) is 8.38. The third kappa shape index (κ3) is 9.06. The molecule has 2 N–H and O–H groups in total. The van der Waals surface area contributed by atoms with Gasteiger partial charge in [-0.2, -0.15) is 0 Å². The van der Waals surface area contributed by atoms with E-state index in [0.717, 1.165) is 0 Å². The zero-order chi connectivity index (χ0) is 5.70. The molecule has 0 aromatic rings. The lowest BCUT2D eigenvalue weighted by Crippen LogP contribution is -1.56. The summed E-state index contributed by atoms with van der Waals surface area (Å²) in [5.41, 5.74) is 1.35. The molecule has 1 nitrogen and oxygen atoms in total. The van der Waals surface area contributed by atoms with Crippen molar-refractivity contribution in [3.05, 3.63) is 23.8 Å². The van der Waals surface area contributed by atoms with E-state index in [1.165, 1.54) is 5.57 Å². The Kier molecular flexibility index (Phi) is 8.39. The molecule has 0 atom stereocenters. The van der Waals surface area contributed by atoms with Gasteiger partial charge in [0.15, 0.2) is 0 Å². The van der Waals surface area contributed by atoms with Gasteiger partial charge in [-0.25, -0.2) is 0 Å². The van der Waals surface area contributed by atoms with E-state index < -0.39 is 0 Å². The fourth-order valence-corrected chi connectivity index (χ4v) is 0.289. The molecule has 0 saturated carbocycles. The van der Waals surface area contributed by atoms with Crippen LogP contribution < -0.4 is 0 Å². The van der Waals surface area contributed by atoms with Gasteiger partial charge in [-0.3, -0.25) is 0 Å². The van der Waals surface area contributed by atoms with Crippen LogP contribution in [0.1, 0.15) is 20.8 Å². The summed E-state index contributed by atoms with van der Waals surface area (Å²) in [6.45, 7) is 6.18. The topological polar surface area (TPSA) is 31.5 Å². The van der Waals surface area contributed by atoms with E-state index in [4.69, 9.17) is 0 Å². The second-order valence-electron chi connectivity index (χ2n) is 1.77. The summed E-state index contributed by atoms with van der Waals surface area (Å²) >= 11 is 0. The van der Waals surface area contributed by atoms with Crippen LogP contribution in [0, 0.1) is 0 Å². The first-order valence-corrected chi connectivity index (χ1v) is 2.53. The van der Waals surface area contributed by atoms with E-state index >= 15 is 0 Å². The van der Waals surface area contributed by atoms with Crippen molar-refractivity contribution in [2.24, 2.45) is 0 Å². The Balaban J connectivity index is 0. The van der Waals surface area contributed by atoms with Crippen molar-refractivity contribution in [3.63, 3.8) is 0 Å². The Bertz CT molecular complexity index is 86.6. The molecule has 1 heteroatoms. The molecule has 8 heavy (non-hydrogen) atoms. The van der Waals surface area contributed by atoms with Crippen molar-refractivity contribution in [1.82, 2.24) is 0 Å². The fourth-order valence-electron chi connectivity index (χ4n) is 0.289. The molecular formula is C7H14O. The average Bonchev–Trinajstić information content (AvgIpc) is 1.61. The first-order chi connectivity index (χ1) is 3.27. The minimum atomic E-state index is 0. The molecule has 0 heterocycles. The molecule has 0 saturated heterocycles. The van der Waals surface area contributed by atoms with Gasteiger partial charge in [0.2, 0.25) is 0 Å². The maximum Gasteiger partial charge on any atom is -0.0439 e. The molecule has 48 valence electrons. The van der Waals surface area contributed by atoms with Crippen LogP contribution >= 0.6 is 0 Å². The van der Waals surface area contributed by atoms with E-state index in [1.54, 1.807) is 0 Å². The van der Waals surface area contributed by atoms with Crippen molar-refractivity contribution in [2.75, 3.05) is 0 Å². The quantitative estimate of drug-likeness (QED) is 0.465. The standard InChI is InChI=1S/C7H12.H2O/c1-4-5-6-7(2)3;/h4-6H,1-3H3;1H2. The van der Waals surface area contributed by atoms with Crippen molar-refractivity contribution in [3.8, 4) is 0 Å². The highest BCUT2D eigenvalue weighted by Gasteiger charge is 1.65. The first kappa shape index (κ1) is 10.4. The maximum atomic E-state index is 2.08. The van der Waals surface area contributed by atoms with Crippen molar-refractivity contribution in [1.29, 1.82) is 0 Å². The second-order valence-corrected chi connectivity index (χ2v) is 1.77. The van der Waals surface area contributed by atoms with Gasteiger partial charge in [-0.1, -0.05) is 23.8 Å². The van der Waals surface area contributed by atoms with E-state index in [-0.39, 0.29) is 5.48 Å². The van der Waals surface area contributed by atoms with Crippen LogP contribution in [0.25, 0.3) is 0 Å². The monoisotopic (exact) mass is 114 g/mol. The third-order valence-corrected chi connectivity index (χ3v) is 0.622. The Morgan fingerprint density at radius 2 is 1.75 bits per heavy atom. The zero-order valence-electron chi connectivity index (χ0n) is 5.73. The van der Waals surface area contributed by atoms with Gasteiger partial charge in [0.1, 0.15) is 0 Å². The molecule has 0 rings (SSSR count). The molecule has 0 aliphatic heterocycles. The number of hydrogen-bond acceptors (Lipinski definition) is 0. The van der Waals surface area contributed by atoms with Crippen molar-refractivity contribution in [2.45, 2.75) is 20.8 Å². The highest BCUT2D eigenvalue weighted by atomic mass is 16.0.